The van der Waals surface area contributed by atoms with E-state index in [-0.39, 0.29) is 0 Å². The second-order valence-electron chi connectivity index (χ2n) is 2.01. The van der Waals surface area contributed by atoms with Gasteiger partial charge in [0.15, 0.2) is 5.06 Å². The zero-order chi connectivity index (χ0) is 7.40. The first kappa shape index (κ1) is 7.61. The van der Waals surface area contributed by atoms with Crippen LogP contribution in [0.5, 0.6) is 5.06 Å². The largest absolute Gasteiger partial charge is 0.484 e. The van der Waals surface area contributed by atoms with Crippen molar-refractivity contribution in [2.75, 3.05) is 6.61 Å². The lowest BCUT2D eigenvalue weighted by atomic mass is 10.4. The van der Waals surface area contributed by atoms with Crippen LogP contribution in [0.25, 0.3) is 0 Å². The second kappa shape index (κ2) is 3.62. The molecule has 0 atom stereocenters. The Morgan fingerprint density at radius 2 is 2.20 bits per heavy atom. The summed E-state index contributed by atoms with van der Waals surface area (Å²) in [6.07, 6.45) is 1.11. The van der Waals surface area contributed by atoms with Crippen LogP contribution in [0, 0.1) is 0 Å². The fourth-order valence-corrected chi connectivity index (χ4v) is 1.62. The minimum atomic E-state index is 0.768. The first-order chi connectivity index (χ1) is 4.86. The molecule has 2 heteroatoms. The van der Waals surface area contributed by atoms with Crippen LogP contribution >= 0.6 is 11.3 Å². The van der Waals surface area contributed by atoms with E-state index >= 15 is 0 Å². The second-order valence-corrected chi connectivity index (χ2v) is 3.14. The van der Waals surface area contributed by atoms with Gasteiger partial charge in [-0.2, -0.15) is 0 Å². The molecular weight excluding hydrogens is 144 g/mol. The van der Waals surface area contributed by atoms with E-state index in [0.717, 1.165) is 18.1 Å². The van der Waals surface area contributed by atoms with Gasteiger partial charge in [0.2, 0.25) is 0 Å². The minimum Gasteiger partial charge on any atom is -0.484 e. The Labute approximate surface area is 65.6 Å². The number of hydrogen-bond donors (Lipinski definition) is 0. The van der Waals surface area contributed by atoms with E-state index in [1.54, 1.807) is 11.3 Å². The number of rotatable bonds is 3. The van der Waals surface area contributed by atoms with E-state index in [4.69, 9.17) is 4.74 Å². The molecule has 1 aromatic heterocycles. The maximum atomic E-state index is 5.31. The fraction of sp³-hybridized carbons (Fsp3) is 0.500. The van der Waals surface area contributed by atoms with Crippen LogP contribution in [-0.4, -0.2) is 6.61 Å². The normalized spacial score (nSPS) is 9.80. The number of ether oxygens (including phenoxy) is 1. The molecule has 1 rings (SSSR count). The van der Waals surface area contributed by atoms with E-state index < -0.39 is 0 Å². The molecule has 0 saturated heterocycles. The van der Waals surface area contributed by atoms with Crippen molar-refractivity contribution < 1.29 is 4.74 Å². The first-order valence-electron chi connectivity index (χ1n) is 3.58. The van der Waals surface area contributed by atoms with Crippen molar-refractivity contribution in [1.29, 1.82) is 0 Å². The molecule has 0 saturated carbocycles. The molecule has 0 radical (unpaired) electrons. The van der Waals surface area contributed by atoms with Crippen molar-refractivity contribution in [3.63, 3.8) is 0 Å². The first-order valence-corrected chi connectivity index (χ1v) is 4.40. The van der Waals surface area contributed by atoms with E-state index in [1.807, 2.05) is 13.0 Å². The Morgan fingerprint density at radius 3 is 2.70 bits per heavy atom. The van der Waals surface area contributed by atoms with Gasteiger partial charge in [-0.3, -0.25) is 0 Å². The van der Waals surface area contributed by atoms with Crippen molar-refractivity contribution in [1.82, 2.24) is 0 Å². The molecule has 0 bridgehead atoms. The third kappa shape index (κ3) is 1.74. The van der Waals surface area contributed by atoms with Crippen LogP contribution in [-0.2, 0) is 6.42 Å². The molecule has 0 aliphatic heterocycles. The topological polar surface area (TPSA) is 9.23 Å². The Bertz CT molecular complexity index is 193. The van der Waals surface area contributed by atoms with Crippen LogP contribution in [0.4, 0.5) is 0 Å². The standard InChI is InChI=1S/C8H12OS/c1-3-7-5-6-8(10-7)9-4-2/h5-6H,3-4H2,1-2H3. The smallest absolute Gasteiger partial charge is 0.173 e. The van der Waals surface area contributed by atoms with E-state index in [0.29, 0.717) is 0 Å². The molecule has 0 spiro atoms. The number of aryl methyl sites for hydroxylation is 1. The van der Waals surface area contributed by atoms with Crippen LogP contribution in [0.2, 0.25) is 0 Å². The summed E-state index contributed by atoms with van der Waals surface area (Å²) in [7, 11) is 0. The highest BCUT2D eigenvalue weighted by molar-refractivity contribution is 7.13. The van der Waals surface area contributed by atoms with Gasteiger partial charge in [-0.15, -0.1) is 11.3 Å². The van der Waals surface area contributed by atoms with Crippen molar-refractivity contribution in [2.45, 2.75) is 20.3 Å². The van der Waals surface area contributed by atoms with E-state index in [1.165, 1.54) is 4.88 Å². The van der Waals surface area contributed by atoms with Gasteiger partial charge in [0.1, 0.15) is 0 Å². The summed E-state index contributed by atoms with van der Waals surface area (Å²) in [6, 6.07) is 4.16. The minimum absolute atomic E-state index is 0.768. The van der Waals surface area contributed by atoms with Crippen molar-refractivity contribution in [3.8, 4) is 5.06 Å². The summed E-state index contributed by atoms with van der Waals surface area (Å²) in [5, 5.41) is 1.04. The monoisotopic (exact) mass is 156 g/mol. The summed E-state index contributed by atoms with van der Waals surface area (Å²) in [5.74, 6) is 0. The lowest BCUT2D eigenvalue weighted by Crippen LogP contribution is -1.86. The molecule has 0 amide bonds. The van der Waals surface area contributed by atoms with Gasteiger partial charge >= 0.3 is 0 Å². The van der Waals surface area contributed by atoms with Gasteiger partial charge in [-0.25, -0.2) is 0 Å². The Hall–Kier alpha value is -0.500. The summed E-state index contributed by atoms with van der Waals surface area (Å²) in [4.78, 5) is 1.39. The fourth-order valence-electron chi connectivity index (χ4n) is 0.768. The quantitative estimate of drug-likeness (QED) is 0.653. The van der Waals surface area contributed by atoms with Crippen molar-refractivity contribution in [3.05, 3.63) is 17.0 Å². The third-order valence-corrected chi connectivity index (χ3v) is 2.41. The van der Waals surface area contributed by atoms with Gasteiger partial charge < -0.3 is 4.74 Å². The Morgan fingerprint density at radius 1 is 1.40 bits per heavy atom. The van der Waals surface area contributed by atoms with Crippen LogP contribution in [0.15, 0.2) is 12.1 Å². The van der Waals surface area contributed by atoms with E-state index in [2.05, 4.69) is 13.0 Å². The van der Waals surface area contributed by atoms with Gasteiger partial charge in [-0.05, 0) is 25.5 Å². The Kier molecular flexibility index (Phi) is 2.75. The molecule has 10 heavy (non-hydrogen) atoms. The summed E-state index contributed by atoms with van der Waals surface area (Å²) >= 11 is 1.74. The highest BCUT2D eigenvalue weighted by Gasteiger charge is 1.96. The van der Waals surface area contributed by atoms with Gasteiger partial charge in [0.05, 0.1) is 6.61 Å². The predicted octanol–water partition coefficient (Wildman–Crippen LogP) is 2.71. The molecule has 1 nitrogen and oxygen atoms in total. The highest BCUT2D eigenvalue weighted by Crippen LogP contribution is 2.24. The molecule has 0 unspecified atom stereocenters. The lowest BCUT2D eigenvalue weighted by Gasteiger charge is -1.94. The maximum absolute atomic E-state index is 5.31. The van der Waals surface area contributed by atoms with Crippen LogP contribution < -0.4 is 4.74 Å². The predicted molar refractivity (Wildman–Crippen MR) is 44.9 cm³/mol. The SMILES string of the molecule is CCOc1ccc(CC)s1. The van der Waals surface area contributed by atoms with Crippen molar-refractivity contribution >= 4 is 11.3 Å². The van der Waals surface area contributed by atoms with Gasteiger partial charge in [0.25, 0.3) is 0 Å². The maximum Gasteiger partial charge on any atom is 0.173 e. The molecular formula is C8H12OS. The molecule has 56 valence electrons. The molecule has 1 heterocycles. The molecule has 0 N–H and O–H groups in total. The summed E-state index contributed by atoms with van der Waals surface area (Å²) in [6.45, 7) is 4.93. The molecule has 1 aromatic rings. The lowest BCUT2D eigenvalue weighted by molar-refractivity contribution is 0.350. The molecule has 0 fully saturated rings. The molecule has 0 aromatic carbocycles. The highest BCUT2D eigenvalue weighted by atomic mass is 32.1. The zero-order valence-corrected chi connectivity index (χ0v) is 7.20. The van der Waals surface area contributed by atoms with E-state index in [9.17, 15) is 0 Å². The average molecular weight is 156 g/mol. The van der Waals surface area contributed by atoms with Crippen molar-refractivity contribution in [2.24, 2.45) is 0 Å². The zero-order valence-electron chi connectivity index (χ0n) is 6.39. The summed E-state index contributed by atoms with van der Waals surface area (Å²) in [5.41, 5.74) is 0. The average Bonchev–Trinajstić information content (AvgIpc) is 2.37. The molecule has 0 aliphatic carbocycles. The summed E-state index contributed by atoms with van der Waals surface area (Å²) < 4.78 is 5.31. The Balaban J connectivity index is 2.59. The third-order valence-electron chi connectivity index (χ3n) is 1.27. The molecule has 0 aliphatic rings. The van der Waals surface area contributed by atoms with Crippen LogP contribution in [0.3, 0.4) is 0 Å². The van der Waals surface area contributed by atoms with Gasteiger partial charge in [0, 0.05) is 4.88 Å². The number of hydrogen-bond acceptors (Lipinski definition) is 2. The van der Waals surface area contributed by atoms with Gasteiger partial charge in [-0.1, -0.05) is 6.92 Å². The number of thiophene rings is 1. The van der Waals surface area contributed by atoms with Crippen LogP contribution in [0.1, 0.15) is 18.7 Å².